The van der Waals surface area contributed by atoms with Crippen LogP contribution in [-0.4, -0.2) is 25.2 Å². The Kier molecular flexibility index (Phi) is 7.01. The molecule has 0 unspecified atom stereocenters. The van der Waals surface area contributed by atoms with Crippen LogP contribution >= 0.6 is 0 Å². The Morgan fingerprint density at radius 2 is 1.19 bits per heavy atom. The second-order valence-electron chi connectivity index (χ2n) is 11.4. The molecule has 0 radical (unpaired) electrons. The highest BCUT2D eigenvalue weighted by Gasteiger charge is 2.31. The van der Waals surface area contributed by atoms with Crippen LogP contribution in [0.3, 0.4) is 0 Å². The number of hydrogen-bond donors (Lipinski definition) is 0. The summed E-state index contributed by atoms with van der Waals surface area (Å²) in [5, 5.41) is 9.33. The number of rotatable bonds is 10. The zero-order chi connectivity index (χ0) is 29.9. The van der Waals surface area contributed by atoms with Crippen LogP contribution in [0.25, 0.3) is 65.6 Å². The van der Waals surface area contributed by atoms with Gasteiger partial charge in [-0.1, -0.05) is 77.3 Å². The van der Waals surface area contributed by atoms with E-state index >= 15 is 0 Å². The van der Waals surface area contributed by atoms with Crippen LogP contribution in [0.1, 0.15) is 75.6 Å². The summed E-state index contributed by atoms with van der Waals surface area (Å²) in [5.74, 6) is 1.71. The molecule has 0 bridgehead atoms. The van der Waals surface area contributed by atoms with E-state index in [9.17, 15) is 0 Å². The van der Waals surface area contributed by atoms with Crippen molar-refractivity contribution in [1.82, 2.24) is 4.90 Å². The van der Waals surface area contributed by atoms with Crippen LogP contribution in [0.4, 0.5) is 0 Å². The van der Waals surface area contributed by atoms with Gasteiger partial charge >= 0.3 is 0 Å². The van der Waals surface area contributed by atoms with Crippen molar-refractivity contribution in [2.24, 2.45) is 0 Å². The fourth-order valence-corrected chi connectivity index (χ4v) is 7.22. The molecule has 0 saturated heterocycles. The highest BCUT2D eigenvalue weighted by molar-refractivity contribution is 6.38. The lowest BCUT2D eigenvalue weighted by atomic mass is 9.80. The van der Waals surface area contributed by atoms with E-state index in [-0.39, 0.29) is 0 Å². The van der Waals surface area contributed by atoms with Crippen LogP contribution in [-0.2, 0) is 0 Å². The van der Waals surface area contributed by atoms with E-state index in [2.05, 4.69) is 88.4 Å². The summed E-state index contributed by atoms with van der Waals surface area (Å²) in [4.78, 5) is 2.18. The van der Waals surface area contributed by atoms with E-state index in [1.807, 2.05) is 6.92 Å². The first-order valence-electron chi connectivity index (χ1n) is 15.3. The molecule has 1 aliphatic rings. The third-order valence-corrected chi connectivity index (χ3v) is 9.01. The Morgan fingerprint density at radius 3 is 1.67 bits per heavy atom. The zero-order valence-electron chi connectivity index (χ0n) is 25.8. The highest BCUT2D eigenvalue weighted by Crippen LogP contribution is 2.54. The molecule has 0 amide bonds. The van der Waals surface area contributed by atoms with Gasteiger partial charge in [-0.2, -0.15) is 0 Å². The van der Waals surface area contributed by atoms with Gasteiger partial charge in [-0.15, -0.1) is 0 Å². The van der Waals surface area contributed by atoms with Crippen LogP contribution in [0.5, 0.6) is 11.5 Å². The lowest BCUT2D eigenvalue weighted by molar-refractivity contribution is 0.344. The first-order valence-corrected chi connectivity index (χ1v) is 15.3. The van der Waals surface area contributed by atoms with Gasteiger partial charge in [0.25, 0.3) is 0 Å². The Balaban J connectivity index is 1.92. The van der Waals surface area contributed by atoms with Crippen molar-refractivity contribution in [2.45, 2.75) is 53.4 Å². The molecule has 0 aromatic heterocycles. The fourth-order valence-electron chi connectivity index (χ4n) is 7.22. The van der Waals surface area contributed by atoms with Crippen molar-refractivity contribution < 1.29 is 9.47 Å². The third-order valence-electron chi connectivity index (χ3n) is 9.01. The predicted molar refractivity (Wildman–Crippen MR) is 184 cm³/mol. The second-order valence-corrected chi connectivity index (χ2v) is 11.4. The van der Waals surface area contributed by atoms with Crippen LogP contribution < -0.4 is 9.47 Å². The van der Waals surface area contributed by atoms with Crippen molar-refractivity contribution >= 4 is 65.6 Å². The maximum absolute atomic E-state index is 6.47. The molecule has 0 aliphatic carbocycles. The van der Waals surface area contributed by atoms with Crippen LogP contribution in [0.2, 0.25) is 0 Å². The quantitative estimate of drug-likeness (QED) is 0.126. The van der Waals surface area contributed by atoms with Crippen LogP contribution in [0.15, 0.2) is 62.7 Å². The molecule has 0 spiro atoms. The van der Waals surface area contributed by atoms with E-state index in [0.717, 1.165) is 93.6 Å². The first-order chi connectivity index (χ1) is 20.3. The van der Waals surface area contributed by atoms with Gasteiger partial charge in [-0.3, -0.25) is 0 Å². The molecular weight excluding hydrogens is 514 g/mol. The summed E-state index contributed by atoms with van der Waals surface area (Å²) in [6.45, 7) is 28.1. The number of allylic oxidation sites excluding steroid dienone is 2. The van der Waals surface area contributed by atoms with Crippen molar-refractivity contribution in [3.63, 3.8) is 0 Å². The highest BCUT2D eigenvalue weighted by atomic mass is 16.5. The first kappa shape index (κ1) is 27.9. The largest absolute Gasteiger partial charge is 0.496 e. The number of methoxy groups -OCH3 is 1. The van der Waals surface area contributed by atoms with E-state index in [0.29, 0.717) is 6.61 Å². The Morgan fingerprint density at radius 1 is 0.667 bits per heavy atom. The molecule has 1 aliphatic heterocycles. The van der Waals surface area contributed by atoms with Crippen molar-refractivity contribution in [3.8, 4) is 11.5 Å². The zero-order valence-corrected chi connectivity index (χ0v) is 25.8. The molecule has 0 saturated carbocycles. The number of fused-ring (bicyclic) bond motifs is 2. The Labute approximate surface area is 249 Å². The minimum Gasteiger partial charge on any atom is -0.496 e. The van der Waals surface area contributed by atoms with Crippen molar-refractivity contribution in [1.29, 1.82) is 0 Å². The minimum atomic E-state index is 0.565. The topological polar surface area (TPSA) is 21.7 Å². The van der Waals surface area contributed by atoms with E-state index < -0.39 is 0 Å². The number of benzene rings is 5. The van der Waals surface area contributed by atoms with Crippen LogP contribution in [0, 0.1) is 0 Å². The van der Waals surface area contributed by atoms with Gasteiger partial charge in [0, 0.05) is 50.6 Å². The molecule has 0 atom stereocenters. The number of hydrogen-bond acceptors (Lipinski definition) is 3. The minimum absolute atomic E-state index is 0.565. The average molecular weight is 556 g/mol. The molecular formula is C39H41NO2. The number of nitrogens with zero attached hydrogens (tertiary/aromatic N) is 1. The lowest BCUT2D eigenvalue weighted by Gasteiger charge is -2.35. The molecule has 42 heavy (non-hydrogen) atoms. The average Bonchev–Trinajstić information content (AvgIpc) is 2.99. The molecule has 3 heteroatoms. The summed E-state index contributed by atoms with van der Waals surface area (Å²) in [6, 6.07) is 13.5. The van der Waals surface area contributed by atoms with Crippen molar-refractivity contribution in [2.75, 3.05) is 20.3 Å². The molecule has 5 aromatic carbocycles. The summed E-state index contributed by atoms with van der Waals surface area (Å²) in [7, 11) is 1.77. The predicted octanol–water partition coefficient (Wildman–Crippen LogP) is 11.0. The van der Waals surface area contributed by atoms with Gasteiger partial charge < -0.3 is 14.4 Å². The van der Waals surface area contributed by atoms with Gasteiger partial charge in [0.1, 0.15) is 11.5 Å². The normalized spacial score (nSPS) is 13.2. The Bertz CT molecular complexity index is 1930. The molecule has 6 rings (SSSR count). The molecule has 3 nitrogen and oxygen atoms in total. The van der Waals surface area contributed by atoms with Gasteiger partial charge in [-0.05, 0) is 82.6 Å². The summed E-state index contributed by atoms with van der Waals surface area (Å²) in [6.07, 6.45) is 3.99. The lowest BCUT2D eigenvalue weighted by Crippen LogP contribution is -2.23. The van der Waals surface area contributed by atoms with Gasteiger partial charge in [0.05, 0.1) is 13.7 Å². The van der Waals surface area contributed by atoms with E-state index in [4.69, 9.17) is 9.47 Å². The smallest absolute Gasteiger partial charge is 0.128 e. The summed E-state index contributed by atoms with van der Waals surface area (Å²) >= 11 is 0. The maximum Gasteiger partial charge on any atom is 0.128 e. The molecule has 0 N–H and O–H groups in total. The third kappa shape index (κ3) is 3.79. The Hall–Kier alpha value is -4.24. The van der Waals surface area contributed by atoms with E-state index in [1.165, 1.54) is 38.1 Å². The maximum atomic E-state index is 6.47. The molecule has 214 valence electrons. The molecule has 5 aromatic rings. The molecule has 1 heterocycles. The van der Waals surface area contributed by atoms with Gasteiger partial charge in [-0.25, -0.2) is 0 Å². The van der Waals surface area contributed by atoms with Gasteiger partial charge in [0.15, 0.2) is 0 Å². The van der Waals surface area contributed by atoms with E-state index in [1.54, 1.807) is 7.11 Å². The van der Waals surface area contributed by atoms with Crippen molar-refractivity contribution in [3.05, 3.63) is 85.0 Å². The molecule has 0 fully saturated rings. The second kappa shape index (κ2) is 10.5. The fraction of sp³-hybridized carbons (Fsp3) is 0.282. The summed E-state index contributed by atoms with van der Waals surface area (Å²) in [5.41, 5.74) is 8.80. The monoisotopic (exact) mass is 555 g/mol. The van der Waals surface area contributed by atoms with Gasteiger partial charge in [0.2, 0.25) is 0 Å². The summed E-state index contributed by atoms with van der Waals surface area (Å²) < 4.78 is 12.7. The number of ether oxygens (including phenoxy) is 2. The standard InChI is InChI=1S/C39H41NO2/c1-10-14-22(5)26-16-18-28-35-29(19-17-27(34(26)35)23(6)15-11-2)38-33(42-13-4)21-31-25(8)40(12-3)24(7)30-20-32(41-9)37(28)39(38)36(30)31/h16-21H,5-8,10-15H2,1-4,9H3. The SMILES string of the molecule is C=C(CCC)c1ccc2c3c(OC)cc4c5c(cc(OCC)c(c6ccc(C(=C)CCC)c1c26)c53)C(=C)N(CC)C4=C.